The van der Waals surface area contributed by atoms with Crippen molar-refractivity contribution in [3.63, 3.8) is 0 Å². The van der Waals surface area contributed by atoms with Crippen LogP contribution in [-0.2, 0) is 28.9 Å². The summed E-state index contributed by atoms with van der Waals surface area (Å²) in [6.45, 7) is -0.113. The third kappa shape index (κ3) is 3.89. The standard InChI is InChI=1S/C21H20N2O4S/c24-18(16-6-5-14-3-1-2-4-15(14)11-16)12-27-19(25)7-9-23-13-22-20-17(21(23)26)8-10-28-20/h5-6,8,10-11,13H,1-4,7,9,12H2. The summed E-state index contributed by atoms with van der Waals surface area (Å²) in [7, 11) is 0. The SMILES string of the molecule is O=C(CCn1cnc2sccc2c1=O)OCC(=O)c1ccc2c(c1)CCCC2. The first-order valence-corrected chi connectivity index (χ1v) is 10.2. The summed E-state index contributed by atoms with van der Waals surface area (Å²) in [4.78, 5) is 41.5. The maximum Gasteiger partial charge on any atom is 0.308 e. The molecule has 0 bridgehead atoms. The van der Waals surface area contributed by atoms with E-state index in [0.29, 0.717) is 15.8 Å². The van der Waals surface area contributed by atoms with Crippen molar-refractivity contribution in [2.24, 2.45) is 0 Å². The Morgan fingerprint density at radius 2 is 1.96 bits per heavy atom. The van der Waals surface area contributed by atoms with E-state index in [1.54, 1.807) is 6.07 Å². The predicted octanol–water partition coefficient (Wildman–Crippen LogP) is 3.15. The zero-order valence-corrected chi connectivity index (χ0v) is 16.2. The smallest absolute Gasteiger partial charge is 0.308 e. The van der Waals surface area contributed by atoms with E-state index >= 15 is 0 Å². The fourth-order valence-corrected chi connectivity index (χ4v) is 4.20. The number of aromatic nitrogens is 2. The van der Waals surface area contributed by atoms with E-state index in [-0.39, 0.29) is 30.9 Å². The number of carbonyl (C=O) groups excluding carboxylic acids is 2. The first-order valence-electron chi connectivity index (χ1n) is 9.35. The van der Waals surface area contributed by atoms with Gasteiger partial charge in [0.05, 0.1) is 18.1 Å². The second-order valence-electron chi connectivity index (χ2n) is 6.91. The van der Waals surface area contributed by atoms with E-state index in [0.717, 1.165) is 19.3 Å². The molecule has 0 N–H and O–H groups in total. The molecular weight excluding hydrogens is 376 g/mol. The minimum Gasteiger partial charge on any atom is -0.457 e. The van der Waals surface area contributed by atoms with Crippen molar-refractivity contribution in [2.45, 2.75) is 38.6 Å². The molecule has 1 aliphatic rings. The van der Waals surface area contributed by atoms with Crippen LogP contribution in [0.25, 0.3) is 10.2 Å². The van der Waals surface area contributed by atoms with Crippen molar-refractivity contribution in [2.75, 3.05) is 6.61 Å². The summed E-state index contributed by atoms with van der Waals surface area (Å²) in [5.74, 6) is -0.719. The molecule has 0 saturated carbocycles. The highest BCUT2D eigenvalue weighted by atomic mass is 32.1. The van der Waals surface area contributed by atoms with Gasteiger partial charge in [0.25, 0.3) is 5.56 Å². The van der Waals surface area contributed by atoms with E-state index in [1.807, 2.05) is 23.6 Å². The number of esters is 1. The molecule has 6 nitrogen and oxygen atoms in total. The molecule has 28 heavy (non-hydrogen) atoms. The minimum absolute atomic E-state index is 0.00863. The molecule has 1 aromatic carbocycles. The molecule has 0 saturated heterocycles. The van der Waals surface area contributed by atoms with E-state index in [9.17, 15) is 14.4 Å². The van der Waals surface area contributed by atoms with Crippen molar-refractivity contribution in [3.05, 3.63) is 63.0 Å². The van der Waals surface area contributed by atoms with Crippen LogP contribution >= 0.6 is 11.3 Å². The van der Waals surface area contributed by atoms with Crippen LogP contribution < -0.4 is 5.56 Å². The number of hydrogen-bond acceptors (Lipinski definition) is 6. The Labute approximate surface area is 165 Å². The summed E-state index contributed by atoms with van der Waals surface area (Å²) in [6, 6.07) is 7.46. The van der Waals surface area contributed by atoms with Gasteiger partial charge in [0.2, 0.25) is 0 Å². The largest absolute Gasteiger partial charge is 0.457 e. The normalized spacial score (nSPS) is 13.3. The van der Waals surface area contributed by atoms with Gasteiger partial charge in [0.15, 0.2) is 12.4 Å². The quantitative estimate of drug-likeness (QED) is 0.472. The fraction of sp³-hybridized carbons (Fsp3) is 0.333. The van der Waals surface area contributed by atoms with Gasteiger partial charge in [-0.1, -0.05) is 12.1 Å². The first kappa shape index (κ1) is 18.6. The summed E-state index contributed by atoms with van der Waals surface area (Å²) in [5, 5.41) is 2.35. The van der Waals surface area contributed by atoms with Crippen LogP contribution in [-0.4, -0.2) is 27.9 Å². The number of benzene rings is 1. The number of fused-ring (bicyclic) bond motifs is 2. The highest BCUT2D eigenvalue weighted by Crippen LogP contribution is 2.22. The number of Topliss-reactive ketones (excluding diaryl/α,β-unsaturated/α-hetero) is 1. The second-order valence-corrected chi connectivity index (χ2v) is 7.80. The average Bonchev–Trinajstić information content (AvgIpc) is 3.21. The number of ketones is 1. The van der Waals surface area contributed by atoms with Crippen LogP contribution in [0.1, 0.15) is 40.7 Å². The van der Waals surface area contributed by atoms with Crippen molar-refractivity contribution >= 4 is 33.3 Å². The molecule has 0 aliphatic heterocycles. The van der Waals surface area contributed by atoms with Crippen LogP contribution in [0.5, 0.6) is 0 Å². The van der Waals surface area contributed by atoms with Gasteiger partial charge in [-0.2, -0.15) is 0 Å². The molecule has 0 atom stereocenters. The molecule has 0 amide bonds. The molecular formula is C21H20N2O4S. The lowest BCUT2D eigenvalue weighted by atomic mass is 9.90. The van der Waals surface area contributed by atoms with Crippen LogP contribution in [0.3, 0.4) is 0 Å². The lowest BCUT2D eigenvalue weighted by Crippen LogP contribution is -2.22. The molecule has 2 heterocycles. The van der Waals surface area contributed by atoms with Crippen LogP contribution in [0.15, 0.2) is 40.8 Å². The van der Waals surface area contributed by atoms with Gasteiger partial charge in [0, 0.05) is 12.1 Å². The predicted molar refractivity (Wildman–Crippen MR) is 107 cm³/mol. The molecule has 7 heteroatoms. The molecule has 144 valence electrons. The summed E-state index contributed by atoms with van der Waals surface area (Å²) >= 11 is 1.40. The van der Waals surface area contributed by atoms with Crippen LogP contribution in [0.4, 0.5) is 0 Å². The Morgan fingerprint density at radius 1 is 1.14 bits per heavy atom. The maximum absolute atomic E-state index is 12.3. The number of thiophene rings is 1. The topological polar surface area (TPSA) is 78.3 Å². The van der Waals surface area contributed by atoms with Crippen molar-refractivity contribution < 1.29 is 14.3 Å². The summed E-state index contributed by atoms with van der Waals surface area (Å²) in [5.41, 5.74) is 2.93. The van der Waals surface area contributed by atoms with Gasteiger partial charge < -0.3 is 4.74 Å². The van der Waals surface area contributed by atoms with Gasteiger partial charge in [-0.05, 0) is 54.3 Å². The minimum atomic E-state index is -0.511. The van der Waals surface area contributed by atoms with E-state index in [4.69, 9.17) is 4.74 Å². The molecule has 0 spiro atoms. The van der Waals surface area contributed by atoms with Crippen LogP contribution in [0.2, 0.25) is 0 Å². The number of nitrogens with zero attached hydrogens (tertiary/aromatic N) is 2. The maximum atomic E-state index is 12.3. The second kappa shape index (κ2) is 8.06. The van der Waals surface area contributed by atoms with Gasteiger partial charge >= 0.3 is 5.97 Å². The lowest BCUT2D eigenvalue weighted by molar-refractivity contribution is -0.142. The Balaban J connectivity index is 1.32. The Morgan fingerprint density at radius 3 is 2.82 bits per heavy atom. The Bertz CT molecular complexity index is 1100. The molecule has 1 aliphatic carbocycles. The van der Waals surface area contributed by atoms with Gasteiger partial charge in [-0.15, -0.1) is 11.3 Å². The third-order valence-electron chi connectivity index (χ3n) is 5.04. The number of aryl methyl sites for hydroxylation is 3. The van der Waals surface area contributed by atoms with Gasteiger partial charge in [-0.3, -0.25) is 19.0 Å². The molecule has 0 unspecified atom stereocenters. The van der Waals surface area contributed by atoms with Crippen LogP contribution in [0, 0.1) is 0 Å². The molecule has 3 aromatic rings. The number of rotatable bonds is 6. The zero-order valence-electron chi connectivity index (χ0n) is 15.3. The molecule has 2 aromatic heterocycles. The highest BCUT2D eigenvalue weighted by molar-refractivity contribution is 7.16. The van der Waals surface area contributed by atoms with E-state index in [2.05, 4.69) is 4.98 Å². The summed E-state index contributed by atoms with van der Waals surface area (Å²) in [6.07, 6.45) is 5.83. The average molecular weight is 396 g/mol. The number of ether oxygens (including phenoxy) is 1. The number of carbonyl (C=O) groups is 2. The van der Waals surface area contributed by atoms with Crippen molar-refractivity contribution in [1.29, 1.82) is 0 Å². The third-order valence-corrected chi connectivity index (χ3v) is 5.86. The monoisotopic (exact) mass is 396 g/mol. The van der Waals surface area contributed by atoms with E-state index < -0.39 is 5.97 Å². The number of hydrogen-bond donors (Lipinski definition) is 0. The summed E-state index contributed by atoms with van der Waals surface area (Å²) < 4.78 is 6.50. The van der Waals surface area contributed by atoms with Gasteiger partial charge in [0.1, 0.15) is 4.83 Å². The molecule has 4 rings (SSSR count). The first-order chi connectivity index (χ1) is 13.6. The van der Waals surface area contributed by atoms with Crippen molar-refractivity contribution in [3.8, 4) is 0 Å². The molecule has 0 fully saturated rings. The van der Waals surface area contributed by atoms with Crippen molar-refractivity contribution in [1.82, 2.24) is 9.55 Å². The zero-order chi connectivity index (χ0) is 19.5. The Hall–Kier alpha value is -2.80. The Kier molecular flexibility index (Phi) is 5.34. The molecule has 0 radical (unpaired) electrons. The highest BCUT2D eigenvalue weighted by Gasteiger charge is 2.15. The van der Waals surface area contributed by atoms with E-state index in [1.165, 1.54) is 39.8 Å². The lowest BCUT2D eigenvalue weighted by Gasteiger charge is -2.16. The van der Waals surface area contributed by atoms with Gasteiger partial charge in [-0.25, -0.2) is 4.98 Å². The fourth-order valence-electron chi connectivity index (χ4n) is 3.47.